The topological polar surface area (TPSA) is 114 Å². The van der Waals surface area contributed by atoms with Crippen LogP contribution >= 0.6 is 0 Å². The van der Waals surface area contributed by atoms with Crippen LogP contribution in [0, 0.1) is 11.3 Å². The number of fused-ring (bicyclic) bond motifs is 2. The first-order valence-corrected chi connectivity index (χ1v) is 23.9. The number of hydrogen-bond acceptors (Lipinski definition) is 7. The van der Waals surface area contributed by atoms with E-state index in [2.05, 4.69) is 98.0 Å². The number of allylic oxidation sites excluding steroid dienone is 5. The average Bonchev–Trinajstić information content (AvgIpc) is 3.90. The summed E-state index contributed by atoms with van der Waals surface area (Å²) in [6.45, 7) is 24.4. The number of anilines is 1. The summed E-state index contributed by atoms with van der Waals surface area (Å²) in [7, 11) is 3.31. The van der Waals surface area contributed by atoms with Crippen molar-refractivity contribution in [2.24, 2.45) is 11.3 Å². The molecule has 7 rings (SSSR count). The summed E-state index contributed by atoms with van der Waals surface area (Å²) in [5, 5.41) is 12.4. The van der Waals surface area contributed by atoms with Crippen LogP contribution in [0.4, 0.5) is 5.69 Å². The number of amides is 3. The van der Waals surface area contributed by atoms with E-state index in [9.17, 15) is 19.5 Å². The lowest BCUT2D eigenvalue weighted by Crippen LogP contribution is -2.41. The standard InChI is InChI=1S/C33H44N2O.C18H22N2O3.C2H5NO.C2H6/c1-5-8-25(6-2)30-15-11-27-21-29(36)14-16-31(27)32(30)26-9-12-28(13-10-26)35-19-17-33(18-20-35)22-24(4)34(7-3)23-33;1-4-5-6-13(2)19(3)18(23)17-8-15-10-20(12-22)9-14(15)7-16(17)11-21;1-3-2-4;1-2/h5-6,8-10,12-14,16,21,24,30,32,36H,7,11,15,17-20,22-23H2,1-4H3;4,7-8,11-13H,1,5-6,9-10H2,2-3H3;2H,1H3,(H,3,4);1-2H3/b8-5-,25-6+;;;/t24-,30+,32-;;;/m0.../s1. The van der Waals surface area contributed by atoms with Crippen molar-refractivity contribution < 1.29 is 24.3 Å². The number of hydrogen-bond donors (Lipinski definition) is 2. The van der Waals surface area contributed by atoms with Crippen LogP contribution in [0.5, 0.6) is 5.75 Å². The number of nitrogens with zero attached hydrogens (tertiary/aromatic N) is 4. The van der Waals surface area contributed by atoms with E-state index in [0.717, 1.165) is 49.3 Å². The lowest BCUT2D eigenvalue weighted by Gasteiger charge is -2.41. The van der Waals surface area contributed by atoms with Gasteiger partial charge in [-0.2, -0.15) is 0 Å². The highest BCUT2D eigenvalue weighted by molar-refractivity contribution is 6.02. The number of phenolic OH excluding ortho intramolecular Hbond substituents is 1. The van der Waals surface area contributed by atoms with Gasteiger partial charge in [0.05, 0.1) is 5.56 Å². The smallest absolute Gasteiger partial charge is 0.254 e. The molecule has 0 aromatic heterocycles. The highest BCUT2D eigenvalue weighted by Gasteiger charge is 2.43. The molecule has 1 unspecified atom stereocenters. The van der Waals surface area contributed by atoms with E-state index in [1.165, 1.54) is 73.4 Å². The van der Waals surface area contributed by atoms with Crippen molar-refractivity contribution in [2.45, 2.75) is 125 Å². The molecule has 2 N–H and O–H groups in total. The Hall–Kier alpha value is -5.48. The second kappa shape index (κ2) is 25.3. The molecule has 3 aromatic rings. The maximum absolute atomic E-state index is 12.7. The van der Waals surface area contributed by atoms with Gasteiger partial charge in [0.25, 0.3) is 5.91 Å². The SMILES string of the molecule is C/C=C\C(=C/C)[C@H]1CCc2cc(O)ccc2[C@H]1c1ccc(N2CCC3(CC2)C[C@H](C)N(CC)C3)cc1.C=CCCC(C)N(C)C(=O)c1cc2c(cc1C=O)CN(C=O)C2.CC.CNC=O. The monoisotopic (exact) mass is 888 g/mol. The molecule has 10 nitrogen and oxygen atoms in total. The predicted molar refractivity (Wildman–Crippen MR) is 267 cm³/mol. The summed E-state index contributed by atoms with van der Waals surface area (Å²) in [6.07, 6.45) is 18.4. The number of piperidine rings is 1. The summed E-state index contributed by atoms with van der Waals surface area (Å²) >= 11 is 0. The zero-order chi connectivity index (χ0) is 47.7. The number of carbonyl (C=O) groups excluding carboxylic acids is 4. The van der Waals surface area contributed by atoms with Crippen LogP contribution < -0.4 is 10.2 Å². The first-order valence-electron chi connectivity index (χ1n) is 23.9. The Bertz CT molecular complexity index is 2100. The molecule has 0 radical (unpaired) electrons. The van der Waals surface area contributed by atoms with Gasteiger partial charge in [-0.3, -0.25) is 19.2 Å². The van der Waals surface area contributed by atoms with Gasteiger partial charge in [-0.05, 0) is 160 Å². The van der Waals surface area contributed by atoms with Crippen LogP contribution in [-0.2, 0) is 29.1 Å². The van der Waals surface area contributed by atoms with Crippen molar-refractivity contribution in [3.8, 4) is 5.75 Å². The van der Waals surface area contributed by atoms with Crippen LogP contribution in [0.25, 0.3) is 0 Å². The molecule has 0 saturated carbocycles. The minimum absolute atomic E-state index is 0.0553. The molecule has 1 aliphatic carbocycles. The van der Waals surface area contributed by atoms with Gasteiger partial charge in [0.15, 0.2) is 6.29 Å². The summed E-state index contributed by atoms with van der Waals surface area (Å²) in [6, 6.07) is 19.7. The van der Waals surface area contributed by atoms with Crippen molar-refractivity contribution in [1.29, 1.82) is 0 Å². The van der Waals surface area contributed by atoms with Gasteiger partial charge in [-0.15, -0.1) is 6.58 Å². The van der Waals surface area contributed by atoms with Gasteiger partial charge in [0.1, 0.15) is 5.75 Å². The number of nitrogens with one attached hydrogen (secondary N) is 1. The zero-order valence-corrected chi connectivity index (χ0v) is 40.8. The normalized spacial score (nSPS) is 20.1. The fraction of sp³-hybridized carbons (Fsp3) is 0.491. The second-order valence-corrected chi connectivity index (χ2v) is 17.9. The third kappa shape index (κ3) is 12.9. The molecule has 2 fully saturated rings. The second-order valence-electron chi connectivity index (χ2n) is 17.9. The lowest BCUT2D eigenvalue weighted by molar-refractivity contribution is -0.118. The molecule has 10 heteroatoms. The Labute approximate surface area is 390 Å². The van der Waals surface area contributed by atoms with Crippen LogP contribution in [0.1, 0.15) is 141 Å². The Morgan fingerprint density at radius 3 is 2.22 bits per heavy atom. The summed E-state index contributed by atoms with van der Waals surface area (Å²) in [5.41, 5.74) is 10.0. The molecule has 0 bridgehead atoms. The molecular weight excluding hydrogens is 811 g/mol. The van der Waals surface area contributed by atoms with E-state index in [1.54, 1.807) is 36.0 Å². The number of aromatic hydroxyl groups is 1. The number of benzene rings is 3. The zero-order valence-electron chi connectivity index (χ0n) is 40.8. The Morgan fingerprint density at radius 1 is 1.00 bits per heavy atom. The lowest BCUT2D eigenvalue weighted by atomic mass is 9.69. The summed E-state index contributed by atoms with van der Waals surface area (Å²) in [4.78, 5) is 52.7. The van der Waals surface area contributed by atoms with Gasteiger partial charge < -0.3 is 30.0 Å². The van der Waals surface area contributed by atoms with Crippen LogP contribution in [-0.4, -0.2) is 97.2 Å². The van der Waals surface area contributed by atoms with E-state index in [0.29, 0.717) is 59.9 Å². The van der Waals surface area contributed by atoms with Crippen molar-refractivity contribution in [1.82, 2.24) is 20.0 Å². The van der Waals surface area contributed by atoms with Crippen LogP contribution in [0.3, 0.4) is 0 Å². The third-order valence-electron chi connectivity index (χ3n) is 14.0. The molecule has 65 heavy (non-hydrogen) atoms. The van der Waals surface area contributed by atoms with E-state index in [-0.39, 0.29) is 11.9 Å². The predicted octanol–water partition coefficient (Wildman–Crippen LogP) is 10.1. The molecule has 3 aromatic carbocycles. The minimum Gasteiger partial charge on any atom is -0.508 e. The number of rotatable bonds is 13. The molecule has 1 spiro atoms. The average molecular weight is 888 g/mol. The highest BCUT2D eigenvalue weighted by Crippen LogP contribution is 2.47. The first-order chi connectivity index (χ1) is 31.4. The first kappa shape index (κ1) is 52.1. The van der Waals surface area contributed by atoms with Crippen molar-refractivity contribution in [2.75, 3.05) is 45.2 Å². The van der Waals surface area contributed by atoms with Gasteiger partial charge >= 0.3 is 0 Å². The number of likely N-dealkylation sites (tertiary alicyclic amines) is 1. The molecule has 4 aliphatic rings. The number of aryl methyl sites for hydroxylation is 1. The highest BCUT2D eigenvalue weighted by atomic mass is 16.3. The summed E-state index contributed by atoms with van der Waals surface area (Å²) in [5.74, 6) is 0.976. The fourth-order valence-electron chi connectivity index (χ4n) is 10.3. The maximum atomic E-state index is 12.7. The van der Waals surface area contributed by atoms with Gasteiger partial charge in [-0.25, -0.2) is 0 Å². The van der Waals surface area contributed by atoms with E-state index in [4.69, 9.17) is 4.79 Å². The fourth-order valence-corrected chi connectivity index (χ4v) is 10.3. The Kier molecular flexibility index (Phi) is 20.3. The van der Waals surface area contributed by atoms with E-state index < -0.39 is 0 Å². The quantitative estimate of drug-likeness (QED) is 0.0999. The van der Waals surface area contributed by atoms with Gasteiger partial charge in [-0.1, -0.05) is 63.3 Å². The Morgan fingerprint density at radius 2 is 1.66 bits per heavy atom. The summed E-state index contributed by atoms with van der Waals surface area (Å²) < 4.78 is 0. The van der Waals surface area contributed by atoms with Crippen molar-refractivity contribution in [3.63, 3.8) is 0 Å². The van der Waals surface area contributed by atoms with Gasteiger partial charge in [0.2, 0.25) is 12.8 Å². The molecule has 352 valence electrons. The number of carbonyl (C=O) groups is 4. The third-order valence-corrected chi connectivity index (χ3v) is 14.0. The van der Waals surface area contributed by atoms with Crippen molar-refractivity contribution >= 4 is 30.7 Å². The molecule has 3 heterocycles. The minimum atomic E-state index is -0.170. The number of aldehydes is 1. The van der Waals surface area contributed by atoms with Crippen LogP contribution in [0.2, 0.25) is 0 Å². The Balaban J connectivity index is 0.000000274. The molecule has 4 atom stereocenters. The van der Waals surface area contributed by atoms with E-state index >= 15 is 0 Å². The maximum Gasteiger partial charge on any atom is 0.254 e. The molecule has 3 amide bonds. The largest absolute Gasteiger partial charge is 0.508 e. The number of phenols is 1. The van der Waals surface area contributed by atoms with E-state index in [1.807, 2.05) is 39.0 Å². The van der Waals surface area contributed by atoms with Crippen LogP contribution in [0.15, 0.2) is 91.1 Å². The molecule has 2 saturated heterocycles. The molecule has 3 aliphatic heterocycles. The van der Waals surface area contributed by atoms with Crippen molar-refractivity contribution in [3.05, 3.63) is 130 Å². The molecular formula is C55H77N5O5. The van der Waals surface area contributed by atoms with Gasteiger partial charge in [0, 0.05) is 76.1 Å².